The number of amides is 2. The SMILES string of the molecule is O=C1CSC(=O)N1CCNS(=O)(=O)c1ccc(Cl)c(Br)c1. The van der Waals surface area contributed by atoms with E-state index in [-0.39, 0.29) is 34.9 Å². The van der Waals surface area contributed by atoms with E-state index >= 15 is 0 Å². The average molecular weight is 414 g/mol. The minimum atomic E-state index is -3.72. The lowest BCUT2D eigenvalue weighted by atomic mass is 10.4. The molecule has 1 aromatic carbocycles. The van der Waals surface area contributed by atoms with Crippen molar-refractivity contribution in [3.05, 3.63) is 27.7 Å². The Balaban J connectivity index is 2.00. The van der Waals surface area contributed by atoms with Crippen LogP contribution in [-0.2, 0) is 14.8 Å². The molecule has 1 heterocycles. The van der Waals surface area contributed by atoms with Gasteiger partial charge in [-0.2, -0.15) is 0 Å². The summed E-state index contributed by atoms with van der Waals surface area (Å²) in [6.45, 7) is -0.0285. The number of sulfonamides is 1. The van der Waals surface area contributed by atoms with Crippen molar-refractivity contribution >= 4 is 60.5 Å². The first-order valence-electron chi connectivity index (χ1n) is 5.73. The van der Waals surface area contributed by atoms with Crippen molar-refractivity contribution in [2.75, 3.05) is 18.8 Å². The van der Waals surface area contributed by atoms with Gasteiger partial charge in [-0.1, -0.05) is 23.4 Å². The Labute approximate surface area is 139 Å². The molecule has 6 nitrogen and oxygen atoms in total. The van der Waals surface area contributed by atoms with Crippen molar-refractivity contribution in [1.82, 2.24) is 9.62 Å². The van der Waals surface area contributed by atoms with Crippen LogP contribution in [0.15, 0.2) is 27.6 Å². The van der Waals surface area contributed by atoms with Crippen LogP contribution in [-0.4, -0.2) is 43.3 Å². The van der Waals surface area contributed by atoms with Crippen LogP contribution in [0, 0.1) is 0 Å². The molecule has 0 radical (unpaired) electrons. The number of carbonyl (C=O) groups is 2. The summed E-state index contributed by atoms with van der Waals surface area (Å²) < 4.78 is 26.9. The molecule has 1 aliphatic rings. The highest BCUT2D eigenvalue weighted by atomic mass is 79.9. The Hall–Kier alpha value is -0.610. The van der Waals surface area contributed by atoms with E-state index in [1.54, 1.807) is 0 Å². The summed E-state index contributed by atoms with van der Waals surface area (Å²) in [7, 11) is -3.72. The number of hydrogen-bond acceptors (Lipinski definition) is 5. The maximum atomic E-state index is 12.1. The number of nitrogens with zero attached hydrogens (tertiary/aromatic N) is 1. The molecule has 0 spiro atoms. The molecule has 1 N–H and O–H groups in total. The molecule has 10 heteroatoms. The highest BCUT2D eigenvalue weighted by Crippen LogP contribution is 2.25. The van der Waals surface area contributed by atoms with Crippen molar-refractivity contribution < 1.29 is 18.0 Å². The molecule has 0 atom stereocenters. The first kappa shape index (κ1) is 16.8. The second-order valence-corrected chi connectivity index (χ2v) is 8.03. The molecule has 0 unspecified atom stereocenters. The minimum absolute atomic E-state index is 0.0126. The van der Waals surface area contributed by atoms with Crippen molar-refractivity contribution in [2.24, 2.45) is 0 Å². The standard InChI is InChI=1S/C11H10BrClN2O4S2/c12-8-5-7(1-2-9(8)13)21(18,19)14-3-4-15-10(16)6-20-11(15)17/h1-2,5,14H,3-4,6H2. The van der Waals surface area contributed by atoms with Gasteiger partial charge in [0.05, 0.1) is 15.7 Å². The van der Waals surface area contributed by atoms with Gasteiger partial charge in [-0.05, 0) is 34.1 Å². The summed E-state index contributed by atoms with van der Waals surface area (Å²) in [4.78, 5) is 23.8. The second-order valence-electron chi connectivity index (χ2n) is 4.07. The lowest BCUT2D eigenvalue weighted by molar-refractivity contribution is -0.124. The molecule has 114 valence electrons. The Morgan fingerprint density at radius 2 is 2.10 bits per heavy atom. The van der Waals surface area contributed by atoms with E-state index in [1.807, 2.05) is 0 Å². The fourth-order valence-electron chi connectivity index (χ4n) is 1.62. The molecular weight excluding hydrogens is 404 g/mol. The second kappa shape index (κ2) is 6.66. The zero-order chi connectivity index (χ0) is 15.6. The van der Waals surface area contributed by atoms with Crippen molar-refractivity contribution in [3.63, 3.8) is 0 Å². The minimum Gasteiger partial charge on any atom is -0.273 e. The van der Waals surface area contributed by atoms with Gasteiger partial charge in [-0.15, -0.1) is 0 Å². The smallest absolute Gasteiger partial charge is 0.273 e. The molecule has 1 saturated heterocycles. The molecule has 0 aromatic heterocycles. The highest BCUT2D eigenvalue weighted by Gasteiger charge is 2.29. The summed E-state index contributed by atoms with van der Waals surface area (Å²) in [5.74, 6) is -0.200. The molecule has 2 rings (SSSR count). The molecule has 2 amide bonds. The quantitative estimate of drug-likeness (QED) is 0.799. The summed E-state index contributed by atoms with van der Waals surface area (Å²) in [5, 5.41) is 0.0488. The topological polar surface area (TPSA) is 83.6 Å². The Morgan fingerprint density at radius 3 is 2.67 bits per heavy atom. The van der Waals surface area contributed by atoms with Crippen LogP contribution in [0.2, 0.25) is 5.02 Å². The van der Waals surface area contributed by atoms with E-state index in [4.69, 9.17) is 11.6 Å². The Kier molecular flexibility index (Phi) is 5.31. The number of benzene rings is 1. The van der Waals surface area contributed by atoms with Gasteiger partial charge in [-0.25, -0.2) is 13.1 Å². The van der Waals surface area contributed by atoms with Crippen molar-refractivity contribution in [1.29, 1.82) is 0 Å². The van der Waals surface area contributed by atoms with Gasteiger partial charge >= 0.3 is 0 Å². The van der Waals surface area contributed by atoms with E-state index in [2.05, 4.69) is 20.7 Å². The first-order valence-corrected chi connectivity index (χ1v) is 9.37. The molecule has 1 aliphatic heterocycles. The Morgan fingerprint density at radius 1 is 1.38 bits per heavy atom. The van der Waals surface area contributed by atoms with E-state index in [9.17, 15) is 18.0 Å². The zero-order valence-electron chi connectivity index (χ0n) is 10.5. The monoisotopic (exact) mass is 412 g/mol. The molecule has 21 heavy (non-hydrogen) atoms. The predicted molar refractivity (Wildman–Crippen MR) is 83.9 cm³/mol. The Bertz CT molecular complexity index is 679. The number of halogens is 2. The van der Waals surface area contributed by atoms with Gasteiger partial charge in [0, 0.05) is 17.6 Å². The number of hydrogen-bond donors (Lipinski definition) is 1. The average Bonchev–Trinajstić information content (AvgIpc) is 2.73. The van der Waals surface area contributed by atoms with Crippen LogP contribution in [0.25, 0.3) is 0 Å². The lowest BCUT2D eigenvalue weighted by Gasteiger charge is -2.13. The van der Waals surface area contributed by atoms with E-state index < -0.39 is 10.0 Å². The summed E-state index contributed by atoms with van der Waals surface area (Å²) in [6, 6.07) is 4.22. The van der Waals surface area contributed by atoms with Crippen LogP contribution in [0.4, 0.5) is 4.79 Å². The predicted octanol–water partition coefficient (Wildman–Crippen LogP) is 2.08. The molecule has 0 aliphatic carbocycles. The van der Waals surface area contributed by atoms with Crippen LogP contribution >= 0.6 is 39.3 Å². The van der Waals surface area contributed by atoms with Crippen LogP contribution in [0.5, 0.6) is 0 Å². The highest BCUT2D eigenvalue weighted by molar-refractivity contribution is 9.10. The van der Waals surface area contributed by atoms with Gasteiger partial charge in [-0.3, -0.25) is 14.5 Å². The van der Waals surface area contributed by atoms with E-state index in [0.29, 0.717) is 9.50 Å². The lowest BCUT2D eigenvalue weighted by Crippen LogP contribution is -2.37. The fraction of sp³-hybridized carbons (Fsp3) is 0.273. The van der Waals surface area contributed by atoms with Crippen LogP contribution in [0.1, 0.15) is 0 Å². The maximum absolute atomic E-state index is 12.1. The molecule has 1 fully saturated rings. The van der Waals surface area contributed by atoms with Crippen molar-refractivity contribution in [2.45, 2.75) is 4.90 Å². The summed E-state index contributed by atoms with van der Waals surface area (Å²) >= 11 is 9.87. The largest absolute Gasteiger partial charge is 0.288 e. The summed E-state index contributed by atoms with van der Waals surface area (Å²) in [5.41, 5.74) is 0. The van der Waals surface area contributed by atoms with Crippen LogP contribution in [0.3, 0.4) is 0 Å². The third kappa shape index (κ3) is 3.98. The number of nitrogens with one attached hydrogen (secondary N) is 1. The number of carbonyl (C=O) groups excluding carboxylic acids is 2. The summed E-state index contributed by atoms with van der Waals surface area (Å²) in [6.07, 6.45) is 0. The van der Waals surface area contributed by atoms with Crippen LogP contribution < -0.4 is 4.72 Å². The molecular formula is C11H10BrClN2O4S2. The van der Waals surface area contributed by atoms with Crippen molar-refractivity contribution in [3.8, 4) is 0 Å². The normalized spacial score (nSPS) is 15.8. The van der Waals surface area contributed by atoms with Gasteiger partial charge in [0.1, 0.15) is 0 Å². The third-order valence-electron chi connectivity index (χ3n) is 2.67. The molecule has 0 saturated carbocycles. The van der Waals surface area contributed by atoms with Gasteiger partial charge in [0.15, 0.2) is 0 Å². The molecule has 0 bridgehead atoms. The maximum Gasteiger partial charge on any atom is 0.288 e. The van der Waals surface area contributed by atoms with E-state index in [0.717, 1.165) is 16.7 Å². The zero-order valence-corrected chi connectivity index (χ0v) is 14.5. The fourth-order valence-corrected chi connectivity index (χ4v) is 4.06. The number of imide groups is 1. The van der Waals surface area contributed by atoms with Gasteiger partial charge < -0.3 is 0 Å². The van der Waals surface area contributed by atoms with E-state index in [1.165, 1.54) is 18.2 Å². The molecule has 1 aromatic rings. The third-order valence-corrected chi connectivity index (χ3v) is 6.20. The number of thioether (sulfide) groups is 1. The van der Waals surface area contributed by atoms with Gasteiger partial charge in [0.25, 0.3) is 5.24 Å². The van der Waals surface area contributed by atoms with Gasteiger partial charge in [0.2, 0.25) is 15.9 Å². The first-order chi connectivity index (χ1) is 9.81. The number of rotatable bonds is 5.